The Morgan fingerprint density at radius 3 is 2.63 bits per heavy atom. The smallest absolute Gasteiger partial charge is 0.267 e. The Kier molecular flexibility index (Phi) is 5.32. The number of carbonyl (C=O) groups is 1. The molecule has 2 aromatic carbocycles. The van der Waals surface area contributed by atoms with E-state index in [-0.39, 0.29) is 12.7 Å². The van der Waals surface area contributed by atoms with Crippen LogP contribution < -0.4 is 14.8 Å². The predicted octanol–water partition coefficient (Wildman–Crippen LogP) is 3.58. The van der Waals surface area contributed by atoms with Crippen LogP contribution in [0.5, 0.6) is 11.5 Å². The van der Waals surface area contributed by atoms with Gasteiger partial charge in [-0.15, -0.1) is 0 Å². The minimum absolute atomic E-state index is 0.0767. The fraction of sp³-hybridized carbons (Fsp3) is 0.375. The zero-order valence-electron chi connectivity index (χ0n) is 17.0. The van der Waals surface area contributed by atoms with Crippen LogP contribution in [0.25, 0.3) is 10.9 Å². The number of hydrogen-bond acceptors (Lipinski definition) is 4. The van der Waals surface area contributed by atoms with Gasteiger partial charge in [0.1, 0.15) is 5.69 Å². The second-order valence-electron chi connectivity index (χ2n) is 8.21. The minimum atomic E-state index is -0.0767. The summed E-state index contributed by atoms with van der Waals surface area (Å²) < 4.78 is 10.8. The standard InChI is InChI=1S/C24H27N3O3/c28-24(21-13-19-14-22-23(30-16-29-22)15-20(19)26-21)25-8-11-27-9-6-18(7-10-27)12-17-4-2-1-3-5-17/h1-5,13-15,18,26H,6-12,16H2,(H,25,28). The molecule has 3 aromatic rings. The fourth-order valence-corrected chi connectivity index (χ4v) is 4.43. The monoisotopic (exact) mass is 405 g/mol. The van der Waals surface area contributed by atoms with Crippen LogP contribution in [0.4, 0.5) is 0 Å². The minimum Gasteiger partial charge on any atom is -0.454 e. The molecule has 3 heterocycles. The molecule has 0 atom stereocenters. The molecule has 0 aliphatic carbocycles. The Balaban J connectivity index is 1.08. The summed E-state index contributed by atoms with van der Waals surface area (Å²) >= 11 is 0. The van der Waals surface area contributed by atoms with Crippen molar-refractivity contribution in [1.82, 2.24) is 15.2 Å². The van der Waals surface area contributed by atoms with Crippen LogP contribution in [0.1, 0.15) is 28.9 Å². The van der Waals surface area contributed by atoms with Crippen molar-refractivity contribution in [3.8, 4) is 11.5 Å². The molecule has 0 unspecified atom stereocenters. The van der Waals surface area contributed by atoms with Crippen LogP contribution in [0.15, 0.2) is 48.5 Å². The highest BCUT2D eigenvalue weighted by Gasteiger charge is 2.20. The normalized spacial score (nSPS) is 16.8. The summed E-state index contributed by atoms with van der Waals surface area (Å²) in [7, 11) is 0. The van der Waals surface area contributed by atoms with E-state index in [1.165, 1.54) is 24.8 Å². The number of likely N-dealkylation sites (tertiary alicyclic amines) is 1. The van der Waals surface area contributed by atoms with E-state index in [0.29, 0.717) is 18.0 Å². The van der Waals surface area contributed by atoms with Gasteiger partial charge in [0, 0.05) is 30.1 Å². The number of aromatic nitrogens is 1. The zero-order chi connectivity index (χ0) is 20.3. The van der Waals surface area contributed by atoms with Crippen LogP contribution in [-0.2, 0) is 6.42 Å². The molecule has 1 fully saturated rings. The topological polar surface area (TPSA) is 66.6 Å². The van der Waals surface area contributed by atoms with Gasteiger partial charge in [0.15, 0.2) is 11.5 Å². The maximum atomic E-state index is 12.5. The molecular weight excluding hydrogens is 378 g/mol. The van der Waals surface area contributed by atoms with Crippen LogP contribution in [-0.4, -0.2) is 48.8 Å². The SMILES string of the molecule is O=C(NCCN1CCC(Cc2ccccc2)CC1)c1cc2cc3c(cc2[nH]1)OCO3. The molecule has 5 rings (SSSR count). The highest BCUT2D eigenvalue weighted by atomic mass is 16.7. The summed E-state index contributed by atoms with van der Waals surface area (Å²) in [4.78, 5) is 18.2. The molecule has 2 aliphatic heterocycles. The van der Waals surface area contributed by atoms with Crippen LogP contribution in [0.3, 0.4) is 0 Å². The average molecular weight is 405 g/mol. The number of nitrogens with zero attached hydrogens (tertiary/aromatic N) is 1. The Hall–Kier alpha value is -2.99. The molecule has 30 heavy (non-hydrogen) atoms. The predicted molar refractivity (Wildman–Crippen MR) is 116 cm³/mol. The van der Waals surface area contributed by atoms with Gasteiger partial charge in [-0.2, -0.15) is 0 Å². The van der Waals surface area contributed by atoms with Gasteiger partial charge in [-0.1, -0.05) is 30.3 Å². The lowest BCUT2D eigenvalue weighted by Crippen LogP contribution is -2.40. The molecule has 2 N–H and O–H groups in total. The number of rotatable bonds is 6. The first-order valence-electron chi connectivity index (χ1n) is 10.7. The summed E-state index contributed by atoms with van der Waals surface area (Å²) in [6.45, 7) is 4.00. The van der Waals surface area contributed by atoms with Gasteiger partial charge in [0.25, 0.3) is 5.91 Å². The lowest BCUT2D eigenvalue weighted by atomic mass is 9.90. The average Bonchev–Trinajstić information content (AvgIpc) is 3.40. The lowest BCUT2D eigenvalue weighted by Gasteiger charge is -2.32. The van der Waals surface area contributed by atoms with E-state index in [4.69, 9.17) is 9.47 Å². The first-order chi connectivity index (χ1) is 14.7. The third-order valence-electron chi connectivity index (χ3n) is 6.15. The first kappa shape index (κ1) is 19.0. The Labute approximate surface area is 176 Å². The summed E-state index contributed by atoms with van der Waals surface area (Å²) in [6.07, 6.45) is 3.62. The van der Waals surface area contributed by atoms with E-state index in [9.17, 15) is 4.79 Å². The maximum absolute atomic E-state index is 12.5. The van der Waals surface area contributed by atoms with E-state index in [1.807, 2.05) is 18.2 Å². The van der Waals surface area contributed by atoms with Gasteiger partial charge in [-0.05, 0) is 56.0 Å². The van der Waals surface area contributed by atoms with E-state index >= 15 is 0 Å². The summed E-state index contributed by atoms with van der Waals surface area (Å²) in [6, 6.07) is 16.4. The highest BCUT2D eigenvalue weighted by Crippen LogP contribution is 2.36. The molecule has 156 valence electrons. The maximum Gasteiger partial charge on any atom is 0.267 e. The third-order valence-corrected chi connectivity index (χ3v) is 6.15. The van der Waals surface area contributed by atoms with Gasteiger partial charge < -0.3 is 24.7 Å². The van der Waals surface area contributed by atoms with E-state index in [1.54, 1.807) is 0 Å². The zero-order valence-corrected chi connectivity index (χ0v) is 17.0. The van der Waals surface area contributed by atoms with Crippen molar-refractivity contribution < 1.29 is 14.3 Å². The number of carbonyl (C=O) groups excluding carboxylic acids is 1. The Bertz CT molecular complexity index is 982. The van der Waals surface area contributed by atoms with Crippen molar-refractivity contribution in [2.24, 2.45) is 5.92 Å². The third kappa shape index (κ3) is 4.14. The molecule has 1 amide bonds. The molecular formula is C24H27N3O3. The number of aromatic amines is 1. The quantitative estimate of drug-likeness (QED) is 0.658. The number of hydrogen-bond donors (Lipinski definition) is 2. The molecule has 6 nitrogen and oxygen atoms in total. The second-order valence-corrected chi connectivity index (χ2v) is 8.21. The van der Waals surface area contributed by atoms with Crippen molar-refractivity contribution in [1.29, 1.82) is 0 Å². The molecule has 0 saturated carbocycles. The van der Waals surface area contributed by atoms with E-state index in [2.05, 4.69) is 45.5 Å². The first-order valence-corrected chi connectivity index (χ1v) is 10.7. The van der Waals surface area contributed by atoms with Crippen LogP contribution in [0, 0.1) is 5.92 Å². The number of nitrogens with one attached hydrogen (secondary N) is 2. The molecule has 0 bridgehead atoms. The number of fused-ring (bicyclic) bond motifs is 2. The van der Waals surface area contributed by atoms with Crippen molar-refractivity contribution >= 4 is 16.8 Å². The van der Waals surface area contributed by atoms with Crippen molar-refractivity contribution in [2.75, 3.05) is 33.0 Å². The second kappa shape index (κ2) is 8.40. The largest absolute Gasteiger partial charge is 0.454 e. The summed E-state index contributed by atoms with van der Waals surface area (Å²) in [5, 5.41) is 3.99. The summed E-state index contributed by atoms with van der Waals surface area (Å²) in [5.74, 6) is 2.13. The molecule has 1 saturated heterocycles. The Morgan fingerprint density at radius 1 is 1.07 bits per heavy atom. The highest BCUT2D eigenvalue weighted by molar-refractivity contribution is 5.98. The molecule has 6 heteroatoms. The van der Waals surface area contributed by atoms with Gasteiger partial charge in [0.2, 0.25) is 6.79 Å². The number of H-pyrrole nitrogens is 1. The summed E-state index contributed by atoms with van der Waals surface area (Å²) in [5.41, 5.74) is 2.88. The Morgan fingerprint density at radius 2 is 1.83 bits per heavy atom. The number of benzene rings is 2. The number of piperidine rings is 1. The van der Waals surface area contributed by atoms with Crippen molar-refractivity contribution in [3.05, 3.63) is 59.8 Å². The lowest BCUT2D eigenvalue weighted by molar-refractivity contribution is 0.0939. The molecule has 0 spiro atoms. The van der Waals surface area contributed by atoms with Gasteiger partial charge in [-0.25, -0.2) is 0 Å². The van der Waals surface area contributed by atoms with Gasteiger partial charge >= 0.3 is 0 Å². The van der Waals surface area contributed by atoms with Crippen molar-refractivity contribution in [3.63, 3.8) is 0 Å². The fourth-order valence-electron chi connectivity index (χ4n) is 4.43. The van der Waals surface area contributed by atoms with Gasteiger partial charge in [-0.3, -0.25) is 4.79 Å². The molecule has 0 radical (unpaired) electrons. The number of ether oxygens (including phenoxy) is 2. The molecule has 2 aliphatic rings. The van der Waals surface area contributed by atoms with E-state index < -0.39 is 0 Å². The van der Waals surface area contributed by atoms with E-state index in [0.717, 1.165) is 42.2 Å². The number of amides is 1. The van der Waals surface area contributed by atoms with Gasteiger partial charge in [0.05, 0.1) is 0 Å². The van der Waals surface area contributed by atoms with Crippen LogP contribution >= 0.6 is 0 Å². The van der Waals surface area contributed by atoms with Crippen LogP contribution in [0.2, 0.25) is 0 Å². The molecule has 1 aromatic heterocycles. The van der Waals surface area contributed by atoms with Crippen molar-refractivity contribution in [2.45, 2.75) is 19.3 Å².